The summed E-state index contributed by atoms with van der Waals surface area (Å²) in [4.78, 5) is 20.1. The smallest absolute Gasteiger partial charge is 0.197 e. The molecular formula is C22H19FN4OS2. The van der Waals surface area contributed by atoms with Gasteiger partial charge in [-0.3, -0.25) is 9.20 Å². The number of rotatable bonds is 5. The van der Waals surface area contributed by atoms with E-state index in [1.807, 2.05) is 0 Å². The average molecular weight is 439 g/mol. The van der Waals surface area contributed by atoms with Crippen molar-refractivity contribution in [1.82, 2.24) is 19.6 Å². The molecule has 1 saturated carbocycles. The molecule has 4 aromatic rings. The molecule has 2 aliphatic carbocycles. The standard InChI is InChI=1S/C22H19FN4OS2/c23-15-7-3-1-5-13(15)16(28)11-29-22-26-25-20-18-14-6-2-4-8-17(14)30-21(18)24-19(27(20)22)12-9-10-12/h1,3,5,7,12H,2,4,6,8-11H2. The van der Waals surface area contributed by atoms with E-state index in [2.05, 4.69) is 14.6 Å². The summed E-state index contributed by atoms with van der Waals surface area (Å²) < 4.78 is 16.0. The highest BCUT2D eigenvalue weighted by molar-refractivity contribution is 7.99. The van der Waals surface area contributed by atoms with Crippen LogP contribution in [0.5, 0.6) is 0 Å². The number of Topliss-reactive ketones (excluding diaryl/α,β-unsaturated/α-hetero) is 1. The summed E-state index contributed by atoms with van der Waals surface area (Å²) in [6, 6.07) is 6.11. The minimum absolute atomic E-state index is 0.117. The first-order valence-electron chi connectivity index (χ1n) is 10.3. The normalized spacial score (nSPS) is 16.3. The zero-order valence-corrected chi connectivity index (χ0v) is 17.9. The van der Waals surface area contributed by atoms with Crippen LogP contribution < -0.4 is 0 Å². The van der Waals surface area contributed by atoms with Gasteiger partial charge in [-0.25, -0.2) is 9.37 Å². The molecule has 0 bridgehead atoms. The lowest BCUT2D eigenvalue weighted by atomic mass is 9.97. The van der Waals surface area contributed by atoms with Crippen LogP contribution in [0, 0.1) is 5.82 Å². The second-order valence-corrected chi connectivity index (χ2v) is 9.99. The molecule has 0 saturated heterocycles. The zero-order chi connectivity index (χ0) is 20.2. The predicted molar refractivity (Wildman–Crippen MR) is 116 cm³/mol. The minimum atomic E-state index is -0.485. The molecule has 2 aliphatic rings. The monoisotopic (exact) mass is 438 g/mol. The molecule has 6 rings (SSSR count). The van der Waals surface area contributed by atoms with E-state index >= 15 is 0 Å². The molecule has 1 aromatic carbocycles. The van der Waals surface area contributed by atoms with Crippen molar-refractivity contribution in [3.05, 3.63) is 51.9 Å². The van der Waals surface area contributed by atoms with E-state index in [0.29, 0.717) is 11.1 Å². The maximum absolute atomic E-state index is 14.0. The summed E-state index contributed by atoms with van der Waals surface area (Å²) in [5, 5.41) is 10.8. The number of thioether (sulfide) groups is 1. The van der Waals surface area contributed by atoms with E-state index in [-0.39, 0.29) is 17.1 Å². The van der Waals surface area contributed by atoms with Crippen LogP contribution in [0.2, 0.25) is 0 Å². The zero-order valence-electron chi connectivity index (χ0n) is 16.2. The maximum atomic E-state index is 14.0. The van der Waals surface area contributed by atoms with Crippen molar-refractivity contribution in [2.24, 2.45) is 0 Å². The molecule has 3 aromatic heterocycles. The predicted octanol–water partition coefficient (Wildman–Crippen LogP) is 5.21. The van der Waals surface area contributed by atoms with Gasteiger partial charge in [0.2, 0.25) is 0 Å². The van der Waals surface area contributed by atoms with Crippen LogP contribution >= 0.6 is 23.1 Å². The number of fused-ring (bicyclic) bond motifs is 5. The van der Waals surface area contributed by atoms with Gasteiger partial charge in [0, 0.05) is 10.8 Å². The van der Waals surface area contributed by atoms with E-state index in [0.717, 1.165) is 47.4 Å². The molecule has 5 nitrogen and oxygen atoms in total. The van der Waals surface area contributed by atoms with Crippen molar-refractivity contribution in [2.75, 3.05) is 5.75 Å². The summed E-state index contributed by atoms with van der Waals surface area (Å²) in [7, 11) is 0. The number of aromatic nitrogens is 4. The average Bonchev–Trinajstić information content (AvgIpc) is 3.41. The summed E-state index contributed by atoms with van der Waals surface area (Å²) in [5.41, 5.74) is 2.36. The number of benzene rings is 1. The Hall–Kier alpha value is -2.32. The summed E-state index contributed by atoms with van der Waals surface area (Å²) >= 11 is 3.12. The highest BCUT2D eigenvalue weighted by atomic mass is 32.2. The Morgan fingerprint density at radius 2 is 2.03 bits per heavy atom. The van der Waals surface area contributed by atoms with Crippen molar-refractivity contribution < 1.29 is 9.18 Å². The first-order chi connectivity index (χ1) is 14.7. The maximum Gasteiger partial charge on any atom is 0.197 e. The molecule has 30 heavy (non-hydrogen) atoms. The third kappa shape index (κ3) is 2.96. The molecule has 8 heteroatoms. The lowest BCUT2D eigenvalue weighted by Gasteiger charge is -2.11. The Kier molecular flexibility index (Phi) is 4.38. The van der Waals surface area contributed by atoms with Gasteiger partial charge >= 0.3 is 0 Å². The van der Waals surface area contributed by atoms with E-state index in [4.69, 9.17) is 4.98 Å². The molecule has 3 heterocycles. The lowest BCUT2D eigenvalue weighted by molar-refractivity contribution is 0.101. The van der Waals surface area contributed by atoms with Crippen molar-refractivity contribution in [1.29, 1.82) is 0 Å². The van der Waals surface area contributed by atoms with Crippen molar-refractivity contribution in [3.8, 4) is 0 Å². The Morgan fingerprint density at radius 3 is 2.87 bits per heavy atom. The van der Waals surface area contributed by atoms with E-state index in [9.17, 15) is 9.18 Å². The number of halogens is 1. The fourth-order valence-electron chi connectivity index (χ4n) is 4.26. The molecule has 0 atom stereocenters. The Bertz CT molecular complexity index is 1310. The Balaban J connectivity index is 1.42. The van der Waals surface area contributed by atoms with Crippen LogP contribution in [0.15, 0.2) is 29.4 Å². The van der Waals surface area contributed by atoms with Crippen LogP contribution in [0.25, 0.3) is 15.9 Å². The molecular weight excluding hydrogens is 419 g/mol. The number of ketones is 1. The highest BCUT2D eigenvalue weighted by Gasteiger charge is 2.32. The summed E-state index contributed by atoms with van der Waals surface area (Å²) in [5.74, 6) is 0.813. The quantitative estimate of drug-likeness (QED) is 0.316. The Morgan fingerprint density at radius 1 is 1.20 bits per heavy atom. The molecule has 0 unspecified atom stereocenters. The number of hydrogen-bond donors (Lipinski definition) is 0. The second kappa shape index (κ2) is 7.13. The van der Waals surface area contributed by atoms with Crippen LogP contribution in [-0.4, -0.2) is 31.1 Å². The molecule has 0 radical (unpaired) electrons. The number of carbonyl (C=O) groups is 1. The number of thiophene rings is 1. The van der Waals surface area contributed by atoms with Gasteiger partial charge in [0.15, 0.2) is 16.6 Å². The topological polar surface area (TPSA) is 60.2 Å². The van der Waals surface area contributed by atoms with Crippen LogP contribution in [0.4, 0.5) is 4.39 Å². The minimum Gasteiger partial charge on any atom is -0.293 e. The van der Waals surface area contributed by atoms with Gasteiger partial charge in [-0.05, 0) is 56.2 Å². The number of carbonyl (C=O) groups excluding carboxylic acids is 1. The second-order valence-electron chi connectivity index (χ2n) is 7.97. The van der Waals surface area contributed by atoms with E-state index in [1.54, 1.807) is 23.5 Å². The number of aryl methyl sites for hydroxylation is 2. The molecule has 0 amide bonds. The first kappa shape index (κ1) is 18.4. The summed E-state index contributed by atoms with van der Waals surface area (Å²) in [6.45, 7) is 0. The van der Waals surface area contributed by atoms with Gasteiger partial charge in [-0.2, -0.15) is 0 Å². The largest absolute Gasteiger partial charge is 0.293 e. The summed E-state index contributed by atoms with van der Waals surface area (Å²) in [6.07, 6.45) is 6.86. The van der Waals surface area contributed by atoms with Crippen LogP contribution in [-0.2, 0) is 12.8 Å². The van der Waals surface area contributed by atoms with Gasteiger partial charge in [-0.1, -0.05) is 23.9 Å². The lowest BCUT2D eigenvalue weighted by Crippen LogP contribution is -2.07. The molecule has 1 fully saturated rings. The number of nitrogens with zero attached hydrogens (tertiary/aromatic N) is 4. The fourth-order valence-corrected chi connectivity index (χ4v) is 6.34. The van der Waals surface area contributed by atoms with Crippen LogP contribution in [0.1, 0.15) is 58.2 Å². The van der Waals surface area contributed by atoms with E-state index < -0.39 is 5.82 Å². The Labute approximate surface area is 180 Å². The molecule has 152 valence electrons. The van der Waals surface area contributed by atoms with Gasteiger partial charge in [0.05, 0.1) is 16.7 Å². The fraction of sp³-hybridized carbons (Fsp3) is 0.364. The third-order valence-corrected chi connectivity index (χ3v) is 8.02. The highest BCUT2D eigenvalue weighted by Crippen LogP contribution is 2.44. The van der Waals surface area contributed by atoms with Gasteiger partial charge in [0.1, 0.15) is 16.5 Å². The van der Waals surface area contributed by atoms with Gasteiger partial charge < -0.3 is 0 Å². The SMILES string of the molecule is O=C(CSc1nnc2c3c4c(sc3nc(C3CC3)n12)CCCC4)c1ccccc1F. The van der Waals surface area contributed by atoms with Gasteiger partial charge in [-0.15, -0.1) is 21.5 Å². The molecule has 0 N–H and O–H groups in total. The van der Waals surface area contributed by atoms with Crippen LogP contribution in [0.3, 0.4) is 0 Å². The van der Waals surface area contributed by atoms with E-state index in [1.165, 1.54) is 47.2 Å². The molecule has 0 aliphatic heterocycles. The molecule has 0 spiro atoms. The third-order valence-electron chi connectivity index (χ3n) is 5.90. The van der Waals surface area contributed by atoms with Crippen molar-refractivity contribution in [3.63, 3.8) is 0 Å². The van der Waals surface area contributed by atoms with Gasteiger partial charge in [0.25, 0.3) is 0 Å². The first-order valence-corrected chi connectivity index (χ1v) is 12.1. The van der Waals surface area contributed by atoms with Crippen molar-refractivity contribution in [2.45, 2.75) is 49.6 Å². The van der Waals surface area contributed by atoms with Crippen molar-refractivity contribution >= 4 is 44.7 Å². The number of hydrogen-bond acceptors (Lipinski definition) is 6.